The fourth-order valence-corrected chi connectivity index (χ4v) is 6.13. The van der Waals surface area contributed by atoms with Crippen LogP contribution in [0.1, 0.15) is 31.6 Å². The van der Waals surface area contributed by atoms with Gasteiger partial charge in [-0.25, -0.2) is 8.78 Å². The summed E-state index contributed by atoms with van der Waals surface area (Å²) in [5.41, 5.74) is -0.255. The number of thiophene rings is 1. The van der Waals surface area contributed by atoms with Crippen LogP contribution in [0.3, 0.4) is 0 Å². The normalized spacial score (nSPS) is 16.5. The molecule has 2 N–H and O–H groups in total. The van der Waals surface area contributed by atoms with E-state index in [0.29, 0.717) is 29.8 Å². The Morgan fingerprint density at radius 2 is 1.60 bits per heavy atom. The molecule has 0 bridgehead atoms. The molecule has 11 heteroatoms. The number of benzene rings is 2. The van der Waals surface area contributed by atoms with Crippen LogP contribution < -0.4 is 15.4 Å². The molecular weight excluding hydrogens is 596 g/mol. The SMILES string of the molecule is CN1CCN(C(C)(C)C#Cc2cc3nccc(Oc4ccc(NC(=O)C5(C(=O)Nc6ccc(F)cc6)CC5)cc4F)c3s2)CC1. The lowest BCUT2D eigenvalue weighted by atomic mass is 10.0. The largest absolute Gasteiger partial charge is 0.453 e. The number of anilines is 2. The van der Waals surface area contributed by atoms with Crippen molar-refractivity contribution in [1.29, 1.82) is 0 Å². The molecule has 3 heterocycles. The van der Waals surface area contributed by atoms with Crippen LogP contribution in [0.4, 0.5) is 20.2 Å². The number of carbonyl (C=O) groups excluding carboxylic acids is 2. The van der Waals surface area contributed by atoms with Crippen molar-refractivity contribution >= 4 is 44.7 Å². The molecule has 0 atom stereocenters. The first-order valence-electron chi connectivity index (χ1n) is 14.7. The molecule has 2 aromatic heterocycles. The number of nitrogens with one attached hydrogen (secondary N) is 2. The quantitative estimate of drug-likeness (QED) is 0.190. The summed E-state index contributed by atoms with van der Waals surface area (Å²) >= 11 is 1.44. The number of piperazine rings is 1. The van der Waals surface area contributed by atoms with Crippen molar-refractivity contribution in [2.24, 2.45) is 5.41 Å². The zero-order chi connectivity index (χ0) is 31.8. The van der Waals surface area contributed by atoms with Crippen LogP contribution in [0.5, 0.6) is 11.5 Å². The van der Waals surface area contributed by atoms with E-state index in [4.69, 9.17) is 4.74 Å². The molecule has 1 saturated heterocycles. The third kappa shape index (κ3) is 6.68. The van der Waals surface area contributed by atoms with E-state index in [-0.39, 0.29) is 17.0 Å². The summed E-state index contributed by atoms with van der Waals surface area (Å²) in [6.07, 6.45) is 2.32. The minimum atomic E-state index is -1.26. The number of hydrogen-bond acceptors (Lipinski definition) is 7. The first-order valence-corrected chi connectivity index (χ1v) is 15.6. The summed E-state index contributed by atoms with van der Waals surface area (Å²) in [6, 6.07) is 13.0. The van der Waals surface area contributed by atoms with Crippen LogP contribution in [-0.2, 0) is 9.59 Å². The van der Waals surface area contributed by atoms with Crippen molar-refractivity contribution in [3.8, 4) is 23.3 Å². The lowest BCUT2D eigenvalue weighted by molar-refractivity contribution is -0.131. The molecule has 2 fully saturated rings. The molecule has 45 heavy (non-hydrogen) atoms. The molecular formula is C34H33F2N5O3S. The predicted octanol–water partition coefficient (Wildman–Crippen LogP) is 6.10. The maximum absolute atomic E-state index is 15.2. The van der Waals surface area contributed by atoms with Gasteiger partial charge in [0.15, 0.2) is 11.6 Å². The number of rotatable bonds is 7. The Hall–Kier alpha value is -4.37. The number of aromatic nitrogens is 1. The number of halogens is 2. The number of carbonyl (C=O) groups is 2. The van der Waals surface area contributed by atoms with Crippen molar-refractivity contribution in [1.82, 2.24) is 14.8 Å². The number of fused-ring (bicyclic) bond motifs is 1. The Labute approximate surface area is 264 Å². The molecule has 1 aliphatic heterocycles. The van der Waals surface area contributed by atoms with E-state index in [1.807, 2.05) is 6.07 Å². The second-order valence-electron chi connectivity index (χ2n) is 12.0. The Bertz CT molecular complexity index is 1820. The Kier molecular flexibility index (Phi) is 8.31. The molecule has 8 nitrogen and oxygen atoms in total. The summed E-state index contributed by atoms with van der Waals surface area (Å²) < 4.78 is 35.1. The highest BCUT2D eigenvalue weighted by atomic mass is 32.1. The molecule has 232 valence electrons. The van der Waals surface area contributed by atoms with E-state index in [0.717, 1.165) is 41.8 Å². The topological polar surface area (TPSA) is 86.8 Å². The average Bonchev–Trinajstić information content (AvgIpc) is 3.72. The zero-order valence-corrected chi connectivity index (χ0v) is 26.1. The summed E-state index contributed by atoms with van der Waals surface area (Å²) in [5.74, 6) is 5.03. The van der Waals surface area contributed by atoms with Gasteiger partial charge >= 0.3 is 0 Å². The van der Waals surface area contributed by atoms with Gasteiger partial charge in [-0.15, -0.1) is 11.3 Å². The maximum Gasteiger partial charge on any atom is 0.240 e. The minimum absolute atomic E-state index is 0.0204. The zero-order valence-electron chi connectivity index (χ0n) is 25.2. The highest BCUT2D eigenvalue weighted by Crippen LogP contribution is 2.47. The highest BCUT2D eigenvalue weighted by molar-refractivity contribution is 7.19. The van der Waals surface area contributed by atoms with Crippen molar-refractivity contribution in [3.05, 3.63) is 77.3 Å². The lowest BCUT2D eigenvalue weighted by Gasteiger charge is -2.40. The molecule has 0 spiro atoms. The number of nitrogens with zero attached hydrogens (tertiary/aromatic N) is 3. The van der Waals surface area contributed by atoms with E-state index in [9.17, 15) is 14.0 Å². The second kappa shape index (κ2) is 12.2. The monoisotopic (exact) mass is 629 g/mol. The third-order valence-electron chi connectivity index (χ3n) is 8.29. The number of pyridine rings is 1. The van der Waals surface area contributed by atoms with Crippen LogP contribution in [0, 0.1) is 28.9 Å². The van der Waals surface area contributed by atoms with E-state index >= 15 is 4.39 Å². The van der Waals surface area contributed by atoms with Crippen LogP contribution in [0.2, 0.25) is 0 Å². The third-order valence-corrected chi connectivity index (χ3v) is 9.35. The Morgan fingerprint density at radius 3 is 2.27 bits per heavy atom. The van der Waals surface area contributed by atoms with Crippen LogP contribution in [0.25, 0.3) is 10.2 Å². The van der Waals surface area contributed by atoms with E-state index < -0.39 is 28.9 Å². The summed E-state index contributed by atoms with van der Waals surface area (Å²) in [4.78, 5) is 35.9. The molecule has 0 unspecified atom stereocenters. The number of likely N-dealkylation sites (N-methyl/N-ethyl adjacent to an activating group) is 1. The van der Waals surface area contributed by atoms with Gasteiger partial charge in [0, 0.05) is 55.9 Å². The summed E-state index contributed by atoms with van der Waals surface area (Å²) in [6.45, 7) is 8.22. The Morgan fingerprint density at radius 1 is 0.933 bits per heavy atom. The van der Waals surface area contributed by atoms with Crippen molar-refractivity contribution in [2.45, 2.75) is 32.2 Å². The molecule has 6 rings (SSSR count). The molecule has 0 radical (unpaired) electrons. The highest BCUT2D eigenvalue weighted by Gasteiger charge is 2.56. The van der Waals surface area contributed by atoms with E-state index in [1.165, 1.54) is 47.7 Å². The molecule has 2 aromatic carbocycles. The summed E-state index contributed by atoms with van der Waals surface area (Å²) in [5, 5.41) is 5.31. The van der Waals surface area contributed by atoms with Gasteiger partial charge in [0.25, 0.3) is 0 Å². The smallest absolute Gasteiger partial charge is 0.240 e. The fourth-order valence-electron chi connectivity index (χ4n) is 5.21. The second-order valence-corrected chi connectivity index (χ2v) is 13.0. The van der Waals surface area contributed by atoms with E-state index in [2.05, 4.69) is 58.2 Å². The molecule has 2 aliphatic rings. The van der Waals surface area contributed by atoms with Crippen molar-refractivity contribution < 1.29 is 23.1 Å². The average molecular weight is 630 g/mol. The molecule has 2 amide bonds. The van der Waals surface area contributed by atoms with Crippen LogP contribution >= 0.6 is 11.3 Å². The van der Waals surface area contributed by atoms with Gasteiger partial charge in [-0.05, 0) is 76.2 Å². The van der Waals surface area contributed by atoms with Gasteiger partial charge in [0.2, 0.25) is 11.8 Å². The molecule has 4 aromatic rings. The van der Waals surface area contributed by atoms with E-state index in [1.54, 1.807) is 12.3 Å². The van der Waals surface area contributed by atoms with Crippen molar-refractivity contribution in [2.75, 3.05) is 43.9 Å². The number of ether oxygens (including phenoxy) is 1. The summed E-state index contributed by atoms with van der Waals surface area (Å²) in [7, 11) is 2.13. The minimum Gasteiger partial charge on any atom is -0.453 e. The van der Waals surface area contributed by atoms with Crippen LogP contribution in [-0.4, -0.2) is 65.4 Å². The van der Waals surface area contributed by atoms with Crippen molar-refractivity contribution in [3.63, 3.8) is 0 Å². The van der Waals surface area contributed by atoms with Gasteiger partial charge in [-0.1, -0.05) is 11.8 Å². The van der Waals surface area contributed by atoms with Gasteiger partial charge in [0.05, 0.1) is 20.6 Å². The molecule has 1 aliphatic carbocycles. The fraction of sp³-hybridized carbons (Fsp3) is 0.324. The van der Waals surface area contributed by atoms with Gasteiger partial charge in [-0.3, -0.25) is 19.5 Å². The van der Waals surface area contributed by atoms with Gasteiger partial charge in [-0.2, -0.15) is 0 Å². The lowest BCUT2D eigenvalue weighted by Crippen LogP contribution is -2.53. The van der Waals surface area contributed by atoms with Gasteiger partial charge < -0.3 is 20.3 Å². The predicted molar refractivity (Wildman–Crippen MR) is 171 cm³/mol. The van der Waals surface area contributed by atoms with Crippen LogP contribution in [0.15, 0.2) is 60.8 Å². The Balaban J connectivity index is 1.13. The standard InChI is InChI=1S/C34H33F2N5O3S/c1-33(2,41-18-16-40(3)17-19-41)12-10-25-21-27-30(45-25)29(11-15-37-27)44-28-9-8-24(20-26(28)36)39-32(43)34(13-14-34)31(42)38-23-6-4-22(35)5-7-23/h4-9,11,15,20-21H,13-14,16-19H2,1-3H3,(H,38,42)(H,39,43). The first-order chi connectivity index (χ1) is 21.5. The molecule has 1 saturated carbocycles. The maximum atomic E-state index is 15.2. The van der Waals surface area contributed by atoms with Gasteiger partial charge in [0.1, 0.15) is 17.0 Å². The first kappa shape index (κ1) is 30.6. The number of amides is 2. The number of hydrogen-bond donors (Lipinski definition) is 2.